The Bertz CT molecular complexity index is 1910. The second-order valence-corrected chi connectivity index (χ2v) is 16.5. The number of benzene rings is 5. The van der Waals surface area contributed by atoms with Crippen molar-refractivity contribution in [2.75, 3.05) is 36.7 Å². The van der Waals surface area contributed by atoms with E-state index in [9.17, 15) is 14.4 Å². The minimum Gasteiger partial charge on any atom is -0.467 e. The molecule has 0 fully saturated rings. The Morgan fingerprint density at radius 1 is 0.714 bits per heavy atom. The maximum absolute atomic E-state index is 13.8. The molecule has 1 unspecified atom stereocenters. The summed E-state index contributed by atoms with van der Waals surface area (Å²) in [6, 6.07) is 45.4. The zero-order valence-electron chi connectivity index (χ0n) is 32.6. The van der Waals surface area contributed by atoms with E-state index >= 15 is 0 Å². The molecule has 8 nitrogen and oxygen atoms in total. The van der Waals surface area contributed by atoms with E-state index in [2.05, 4.69) is 88.7 Å². The first-order valence-electron chi connectivity index (χ1n) is 18.6. The highest BCUT2D eigenvalue weighted by molar-refractivity contribution is 8.00. The monoisotopic (exact) mass is 789 g/mol. The van der Waals surface area contributed by atoms with E-state index in [0.29, 0.717) is 35.6 Å². The number of carbonyl (C=O) groups excluding carboxylic acids is 3. The lowest BCUT2D eigenvalue weighted by atomic mass is 9.84. The summed E-state index contributed by atoms with van der Waals surface area (Å²) in [5.74, 6) is 0.354. The van der Waals surface area contributed by atoms with Crippen molar-refractivity contribution in [3.05, 3.63) is 162 Å². The molecule has 10 heteroatoms. The number of thioether (sulfide) groups is 2. The van der Waals surface area contributed by atoms with Gasteiger partial charge in [-0.15, -0.1) is 11.8 Å². The Morgan fingerprint density at radius 3 is 1.75 bits per heavy atom. The van der Waals surface area contributed by atoms with Crippen molar-refractivity contribution in [3.8, 4) is 11.1 Å². The van der Waals surface area contributed by atoms with Gasteiger partial charge in [0.25, 0.3) is 5.91 Å². The fraction of sp³-hybridized carbons (Fsp3) is 0.283. The summed E-state index contributed by atoms with van der Waals surface area (Å²) >= 11 is 3.35. The van der Waals surface area contributed by atoms with Crippen LogP contribution in [0.3, 0.4) is 0 Å². The molecule has 2 atom stereocenters. The summed E-state index contributed by atoms with van der Waals surface area (Å²) in [5, 5.41) is 9.59. The Kier molecular flexibility index (Phi) is 15.1. The number of nitrogens with one attached hydrogen (secondary N) is 3. The number of alkyl carbamates (subject to hydrolysis) is 1. The number of methoxy groups -OCH3 is 1. The predicted octanol–water partition coefficient (Wildman–Crippen LogP) is 9.41. The van der Waals surface area contributed by atoms with Crippen LogP contribution in [0.2, 0.25) is 0 Å². The van der Waals surface area contributed by atoms with E-state index in [-0.39, 0.29) is 11.9 Å². The van der Waals surface area contributed by atoms with Crippen molar-refractivity contribution in [2.24, 2.45) is 0 Å². The van der Waals surface area contributed by atoms with E-state index in [1.807, 2.05) is 87.7 Å². The van der Waals surface area contributed by atoms with Crippen LogP contribution in [0, 0.1) is 0 Å². The molecule has 0 saturated heterocycles. The molecule has 0 radical (unpaired) electrons. The molecule has 0 saturated carbocycles. The molecule has 292 valence electrons. The van der Waals surface area contributed by atoms with Gasteiger partial charge in [0, 0.05) is 23.5 Å². The fourth-order valence-corrected chi connectivity index (χ4v) is 8.46. The third-order valence-electron chi connectivity index (χ3n) is 9.07. The molecule has 3 N–H and O–H groups in total. The molecule has 56 heavy (non-hydrogen) atoms. The Hall–Kier alpha value is -5.19. The van der Waals surface area contributed by atoms with Crippen LogP contribution in [0.5, 0.6) is 0 Å². The van der Waals surface area contributed by atoms with Gasteiger partial charge in [-0.1, -0.05) is 121 Å². The average molecular weight is 790 g/mol. The van der Waals surface area contributed by atoms with Gasteiger partial charge in [-0.2, -0.15) is 11.8 Å². The molecule has 5 aromatic carbocycles. The van der Waals surface area contributed by atoms with Crippen LogP contribution >= 0.6 is 23.5 Å². The summed E-state index contributed by atoms with van der Waals surface area (Å²) in [6.07, 6.45) is 1.89. The summed E-state index contributed by atoms with van der Waals surface area (Å²) in [6.45, 7) is 5.90. The van der Waals surface area contributed by atoms with Gasteiger partial charge in [-0.3, -0.25) is 4.79 Å². The lowest BCUT2D eigenvalue weighted by molar-refractivity contribution is -0.142. The summed E-state index contributed by atoms with van der Waals surface area (Å²) in [7, 11) is 1.32. The van der Waals surface area contributed by atoms with Crippen LogP contribution in [0.25, 0.3) is 11.1 Å². The van der Waals surface area contributed by atoms with Crippen molar-refractivity contribution in [3.63, 3.8) is 0 Å². The van der Waals surface area contributed by atoms with Crippen molar-refractivity contribution >= 4 is 47.2 Å². The smallest absolute Gasteiger partial charge is 0.407 e. The zero-order valence-corrected chi connectivity index (χ0v) is 34.3. The fourth-order valence-electron chi connectivity index (χ4n) is 6.43. The maximum Gasteiger partial charge on any atom is 0.407 e. The number of amides is 2. The summed E-state index contributed by atoms with van der Waals surface area (Å²) in [4.78, 5) is 39.7. The average Bonchev–Trinajstić information content (AvgIpc) is 3.22. The standard InChI is InChI=1S/C46H51N3O5S2/c1-45(2,3)54-44(52)48-38(32-56-46(34-20-12-7-13-21-34,35-22-14-8-15-23-35)36-24-16-9-17-25-36)31-47-37-26-27-39(40(30-37)33-18-10-6-11-19-33)42(50)49-41(28-29-55-5)43(51)53-4/h6-27,30,38,41,47H,28-29,31-32H2,1-5H3,(H,48,52)(H,49,50)/t38?,41-/m0/s1. The van der Waals surface area contributed by atoms with Gasteiger partial charge in [0.15, 0.2) is 0 Å². The quantitative estimate of drug-likeness (QED) is 0.0633. The number of anilines is 1. The zero-order chi connectivity index (χ0) is 40.0. The van der Waals surface area contributed by atoms with Crippen LogP contribution in [0.4, 0.5) is 10.5 Å². The summed E-state index contributed by atoms with van der Waals surface area (Å²) < 4.78 is 10.1. The molecule has 0 heterocycles. The molecule has 5 rings (SSSR count). The van der Waals surface area contributed by atoms with E-state index in [0.717, 1.165) is 27.9 Å². The second kappa shape index (κ2) is 20.1. The molecular formula is C46H51N3O5S2. The second-order valence-electron chi connectivity index (χ2n) is 14.3. The molecule has 0 aliphatic carbocycles. The van der Waals surface area contributed by atoms with E-state index in [4.69, 9.17) is 9.47 Å². The number of rotatable bonds is 17. The highest BCUT2D eigenvalue weighted by Gasteiger charge is 2.38. The van der Waals surface area contributed by atoms with Gasteiger partial charge < -0.3 is 25.4 Å². The lowest BCUT2D eigenvalue weighted by Gasteiger charge is -2.37. The molecule has 0 spiro atoms. The van der Waals surface area contributed by atoms with Crippen LogP contribution in [-0.4, -0.2) is 67.1 Å². The third kappa shape index (κ3) is 11.2. The van der Waals surface area contributed by atoms with Crippen LogP contribution < -0.4 is 16.0 Å². The Labute approximate surface area is 339 Å². The molecule has 0 bridgehead atoms. The minimum atomic E-state index is -0.770. The third-order valence-corrected chi connectivity index (χ3v) is 11.4. The lowest BCUT2D eigenvalue weighted by Crippen LogP contribution is -2.45. The van der Waals surface area contributed by atoms with Gasteiger partial charge in [0.2, 0.25) is 0 Å². The number of ether oxygens (including phenoxy) is 2. The van der Waals surface area contributed by atoms with E-state index < -0.39 is 28.5 Å². The highest BCUT2D eigenvalue weighted by atomic mass is 32.2. The van der Waals surface area contributed by atoms with E-state index in [1.54, 1.807) is 29.6 Å². The maximum atomic E-state index is 13.8. The number of esters is 1. The van der Waals surface area contributed by atoms with Crippen molar-refractivity contribution < 1.29 is 23.9 Å². The number of hydrogen-bond acceptors (Lipinski definition) is 8. The van der Waals surface area contributed by atoms with Crippen molar-refractivity contribution in [2.45, 2.75) is 49.6 Å². The number of hydrogen-bond donors (Lipinski definition) is 3. The van der Waals surface area contributed by atoms with Gasteiger partial charge in [0.1, 0.15) is 11.6 Å². The first-order valence-corrected chi connectivity index (χ1v) is 21.0. The number of carbonyl (C=O) groups is 3. The van der Waals surface area contributed by atoms with Crippen molar-refractivity contribution in [1.82, 2.24) is 10.6 Å². The molecule has 2 amide bonds. The normalized spacial score (nSPS) is 12.5. The summed E-state index contributed by atoms with van der Waals surface area (Å²) in [5.41, 5.74) is 5.41. The Morgan fingerprint density at radius 2 is 1.25 bits per heavy atom. The first kappa shape index (κ1) is 42.0. The van der Waals surface area contributed by atoms with Gasteiger partial charge in [-0.05, 0) is 85.2 Å². The van der Waals surface area contributed by atoms with Crippen LogP contribution in [0.1, 0.15) is 54.2 Å². The van der Waals surface area contributed by atoms with Crippen LogP contribution in [-0.2, 0) is 19.0 Å². The predicted molar refractivity (Wildman–Crippen MR) is 231 cm³/mol. The topological polar surface area (TPSA) is 106 Å². The van der Waals surface area contributed by atoms with Gasteiger partial charge in [-0.25, -0.2) is 9.59 Å². The van der Waals surface area contributed by atoms with Gasteiger partial charge >= 0.3 is 12.1 Å². The van der Waals surface area contributed by atoms with Crippen LogP contribution in [0.15, 0.2) is 140 Å². The molecule has 0 aliphatic rings. The van der Waals surface area contributed by atoms with E-state index in [1.165, 1.54) is 7.11 Å². The molecule has 0 aliphatic heterocycles. The molecule has 5 aromatic rings. The Balaban J connectivity index is 1.48. The van der Waals surface area contributed by atoms with Crippen molar-refractivity contribution in [1.29, 1.82) is 0 Å². The highest BCUT2D eigenvalue weighted by Crippen LogP contribution is 2.48. The first-order chi connectivity index (χ1) is 27.0. The largest absolute Gasteiger partial charge is 0.467 e. The molecule has 0 aromatic heterocycles. The van der Waals surface area contributed by atoms with Gasteiger partial charge in [0.05, 0.1) is 17.9 Å². The minimum absolute atomic E-state index is 0.361. The SMILES string of the molecule is COC(=O)[C@H](CCSC)NC(=O)c1ccc(NCC(CSC(c2ccccc2)(c2ccccc2)c2ccccc2)NC(=O)OC(C)(C)C)cc1-c1ccccc1. The molecular weight excluding hydrogens is 739 g/mol.